The summed E-state index contributed by atoms with van der Waals surface area (Å²) in [6.45, 7) is 1.78. The standard InChI is InChI=1S/C29H28N4O5/c34-26(35)23-10-7-11-24(18-23)33-27(31-16-5-2-6-17-31)30-28(36)32(29(33)37)19-21-12-14-25(15-13-21)38-20-22-8-3-1-4-9-22/h1,3-4,7-15,18H,2,5-6,16-17,19-20H2,(H,34,35). The molecule has 0 unspecified atom stereocenters. The van der Waals surface area contributed by atoms with Gasteiger partial charge in [0.2, 0.25) is 5.95 Å². The number of carboxylic acids is 1. The van der Waals surface area contributed by atoms with Crippen LogP contribution in [0.15, 0.2) is 88.5 Å². The van der Waals surface area contributed by atoms with Gasteiger partial charge in [-0.05, 0) is 60.7 Å². The van der Waals surface area contributed by atoms with Gasteiger partial charge in [-0.15, -0.1) is 0 Å². The van der Waals surface area contributed by atoms with Crippen molar-refractivity contribution in [1.29, 1.82) is 0 Å². The number of carboxylic acid groups (broad SMARTS) is 1. The van der Waals surface area contributed by atoms with Crippen molar-refractivity contribution in [3.05, 3.63) is 117 Å². The summed E-state index contributed by atoms with van der Waals surface area (Å²) < 4.78 is 8.25. The molecule has 0 saturated carbocycles. The highest BCUT2D eigenvalue weighted by Crippen LogP contribution is 2.20. The molecule has 1 aliphatic heterocycles. The lowest BCUT2D eigenvalue weighted by Crippen LogP contribution is -2.45. The van der Waals surface area contributed by atoms with Crippen LogP contribution in [0, 0.1) is 0 Å². The summed E-state index contributed by atoms with van der Waals surface area (Å²) in [7, 11) is 0. The summed E-state index contributed by atoms with van der Waals surface area (Å²) in [5.41, 5.74) is 0.956. The number of aromatic nitrogens is 3. The Hall–Kier alpha value is -4.66. The molecular weight excluding hydrogens is 484 g/mol. The van der Waals surface area contributed by atoms with Crippen LogP contribution in [0.25, 0.3) is 5.69 Å². The average molecular weight is 513 g/mol. The second-order valence-corrected chi connectivity index (χ2v) is 9.22. The molecule has 0 bridgehead atoms. The number of hydrogen-bond donors (Lipinski definition) is 1. The van der Waals surface area contributed by atoms with Crippen LogP contribution in [0.5, 0.6) is 5.75 Å². The number of hydrogen-bond acceptors (Lipinski definition) is 6. The second kappa shape index (κ2) is 11.2. The highest BCUT2D eigenvalue weighted by molar-refractivity contribution is 5.88. The van der Waals surface area contributed by atoms with Crippen molar-refractivity contribution in [2.75, 3.05) is 18.0 Å². The smallest absolute Gasteiger partial charge is 0.355 e. The van der Waals surface area contributed by atoms with Crippen molar-refractivity contribution >= 4 is 11.9 Å². The van der Waals surface area contributed by atoms with Crippen LogP contribution in [0.4, 0.5) is 5.95 Å². The van der Waals surface area contributed by atoms with E-state index in [9.17, 15) is 19.5 Å². The number of benzene rings is 3. The van der Waals surface area contributed by atoms with E-state index in [1.165, 1.54) is 16.7 Å². The Morgan fingerprint density at radius 2 is 1.61 bits per heavy atom. The maximum Gasteiger partial charge on any atom is 0.355 e. The molecule has 5 rings (SSSR count). The molecule has 0 radical (unpaired) electrons. The van der Waals surface area contributed by atoms with Gasteiger partial charge < -0.3 is 14.7 Å². The molecule has 1 aromatic heterocycles. The van der Waals surface area contributed by atoms with Crippen LogP contribution in [-0.2, 0) is 13.2 Å². The van der Waals surface area contributed by atoms with Crippen LogP contribution in [-0.4, -0.2) is 38.3 Å². The fraction of sp³-hybridized carbons (Fsp3) is 0.241. The van der Waals surface area contributed by atoms with Crippen LogP contribution < -0.4 is 21.0 Å². The fourth-order valence-corrected chi connectivity index (χ4v) is 4.54. The number of rotatable bonds is 8. The molecule has 1 saturated heterocycles. The second-order valence-electron chi connectivity index (χ2n) is 9.22. The predicted octanol–water partition coefficient (Wildman–Crippen LogP) is 3.71. The largest absolute Gasteiger partial charge is 0.489 e. The summed E-state index contributed by atoms with van der Waals surface area (Å²) in [6, 6.07) is 23.1. The van der Waals surface area contributed by atoms with Gasteiger partial charge in [0.05, 0.1) is 17.8 Å². The third-order valence-corrected chi connectivity index (χ3v) is 6.55. The summed E-state index contributed by atoms with van der Waals surface area (Å²) in [4.78, 5) is 44.7. The van der Waals surface area contributed by atoms with Gasteiger partial charge in [-0.3, -0.25) is 0 Å². The molecule has 0 aliphatic carbocycles. The lowest BCUT2D eigenvalue weighted by Gasteiger charge is -2.29. The molecule has 1 aliphatic rings. The van der Waals surface area contributed by atoms with E-state index < -0.39 is 17.3 Å². The van der Waals surface area contributed by atoms with Crippen molar-refractivity contribution in [2.24, 2.45) is 0 Å². The number of carbonyl (C=O) groups is 1. The Balaban J connectivity index is 1.47. The SMILES string of the molecule is O=C(O)c1cccc(-n2c(N3CCCCC3)nc(=O)n(Cc3ccc(OCc4ccccc4)cc3)c2=O)c1. The van der Waals surface area contributed by atoms with Crippen LogP contribution >= 0.6 is 0 Å². The molecule has 1 fully saturated rings. The minimum atomic E-state index is -1.10. The molecule has 9 nitrogen and oxygen atoms in total. The topological polar surface area (TPSA) is 107 Å². The molecule has 1 N–H and O–H groups in total. The van der Waals surface area contributed by atoms with Gasteiger partial charge in [-0.25, -0.2) is 23.5 Å². The molecule has 3 aromatic carbocycles. The molecule has 4 aromatic rings. The summed E-state index contributed by atoms with van der Waals surface area (Å²) in [5, 5.41) is 9.48. The van der Waals surface area contributed by atoms with E-state index in [4.69, 9.17) is 4.74 Å². The van der Waals surface area contributed by atoms with Crippen molar-refractivity contribution in [1.82, 2.24) is 14.1 Å². The zero-order chi connectivity index (χ0) is 26.5. The Morgan fingerprint density at radius 1 is 0.868 bits per heavy atom. The van der Waals surface area contributed by atoms with Crippen molar-refractivity contribution < 1.29 is 14.6 Å². The quantitative estimate of drug-likeness (QED) is 0.384. The third-order valence-electron chi connectivity index (χ3n) is 6.55. The lowest BCUT2D eigenvalue weighted by atomic mass is 10.1. The van der Waals surface area contributed by atoms with Gasteiger partial charge in [-0.2, -0.15) is 4.98 Å². The number of aromatic carboxylic acids is 1. The van der Waals surface area contributed by atoms with Gasteiger partial charge in [0.15, 0.2) is 0 Å². The van der Waals surface area contributed by atoms with Crippen molar-refractivity contribution in [3.63, 3.8) is 0 Å². The number of nitrogens with zero attached hydrogens (tertiary/aromatic N) is 4. The maximum absolute atomic E-state index is 13.8. The number of piperidine rings is 1. The zero-order valence-corrected chi connectivity index (χ0v) is 20.8. The number of anilines is 1. The first kappa shape index (κ1) is 25.0. The Labute approximate surface area is 219 Å². The maximum atomic E-state index is 13.8. The van der Waals surface area contributed by atoms with Crippen molar-refractivity contribution in [2.45, 2.75) is 32.4 Å². The fourth-order valence-electron chi connectivity index (χ4n) is 4.54. The van der Waals surface area contributed by atoms with Gasteiger partial charge in [0, 0.05) is 13.1 Å². The van der Waals surface area contributed by atoms with E-state index in [1.54, 1.807) is 36.4 Å². The minimum Gasteiger partial charge on any atom is -0.489 e. The van der Waals surface area contributed by atoms with Crippen LogP contribution in [0.1, 0.15) is 40.7 Å². The first-order valence-corrected chi connectivity index (χ1v) is 12.6. The highest BCUT2D eigenvalue weighted by Gasteiger charge is 2.22. The van der Waals surface area contributed by atoms with Crippen LogP contribution in [0.2, 0.25) is 0 Å². The third kappa shape index (κ3) is 5.51. The summed E-state index contributed by atoms with van der Waals surface area (Å²) in [5.74, 6) is -0.190. The average Bonchev–Trinajstić information content (AvgIpc) is 2.95. The van der Waals surface area contributed by atoms with Gasteiger partial charge in [0.1, 0.15) is 12.4 Å². The lowest BCUT2D eigenvalue weighted by molar-refractivity contribution is 0.0697. The monoisotopic (exact) mass is 512 g/mol. The van der Waals surface area contributed by atoms with E-state index >= 15 is 0 Å². The minimum absolute atomic E-state index is 0.0164. The predicted molar refractivity (Wildman–Crippen MR) is 143 cm³/mol. The van der Waals surface area contributed by atoms with Gasteiger partial charge in [-0.1, -0.05) is 48.5 Å². The summed E-state index contributed by atoms with van der Waals surface area (Å²) in [6.07, 6.45) is 2.91. The van der Waals surface area contributed by atoms with E-state index in [2.05, 4.69) is 4.98 Å². The zero-order valence-electron chi connectivity index (χ0n) is 20.8. The molecule has 2 heterocycles. The molecular formula is C29H28N4O5. The molecule has 0 atom stereocenters. The Bertz CT molecular complexity index is 1540. The van der Waals surface area contributed by atoms with Gasteiger partial charge >= 0.3 is 17.3 Å². The Morgan fingerprint density at radius 3 is 2.32 bits per heavy atom. The normalized spacial score (nSPS) is 13.3. The van der Waals surface area contributed by atoms with E-state index in [0.29, 0.717) is 31.1 Å². The first-order valence-electron chi connectivity index (χ1n) is 12.6. The molecule has 194 valence electrons. The first-order chi connectivity index (χ1) is 18.5. The van der Waals surface area contributed by atoms with E-state index in [1.807, 2.05) is 35.2 Å². The Kier molecular flexibility index (Phi) is 7.35. The molecule has 0 spiro atoms. The highest BCUT2D eigenvalue weighted by atomic mass is 16.5. The molecule has 0 amide bonds. The molecule has 38 heavy (non-hydrogen) atoms. The van der Waals surface area contributed by atoms with Crippen molar-refractivity contribution in [3.8, 4) is 11.4 Å². The van der Waals surface area contributed by atoms with Gasteiger partial charge in [0.25, 0.3) is 0 Å². The molecule has 9 heteroatoms. The summed E-state index contributed by atoms with van der Waals surface area (Å²) >= 11 is 0. The van der Waals surface area contributed by atoms with E-state index in [0.717, 1.165) is 35.0 Å². The number of ether oxygens (including phenoxy) is 1. The van der Waals surface area contributed by atoms with E-state index in [-0.39, 0.29) is 18.1 Å². The van der Waals surface area contributed by atoms with Crippen LogP contribution in [0.3, 0.4) is 0 Å².